The zero-order valence-corrected chi connectivity index (χ0v) is 10.3. The van der Waals surface area contributed by atoms with Crippen molar-refractivity contribution in [3.05, 3.63) is 57.6 Å². The van der Waals surface area contributed by atoms with Gasteiger partial charge in [-0.25, -0.2) is 9.97 Å². The van der Waals surface area contributed by atoms with Crippen LogP contribution in [0.15, 0.2) is 30.5 Å². The summed E-state index contributed by atoms with van der Waals surface area (Å²) in [5.74, 6) is 0.731. The van der Waals surface area contributed by atoms with E-state index in [-0.39, 0.29) is 0 Å². The van der Waals surface area contributed by atoms with Gasteiger partial charge in [0.05, 0.1) is 0 Å². The van der Waals surface area contributed by atoms with E-state index in [9.17, 15) is 0 Å². The third kappa shape index (κ3) is 2.52. The van der Waals surface area contributed by atoms with E-state index in [1.165, 1.54) is 0 Å². The van der Waals surface area contributed by atoms with Crippen LogP contribution >= 0.6 is 23.2 Å². The fourth-order valence-electron chi connectivity index (χ4n) is 1.45. The Kier molecular flexibility index (Phi) is 3.42. The lowest BCUT2D eigenvalue weighted by atomic mass is 10.1. The van der Waals surface area contributed by atoms with Crippen LogP contribution in [0.3, 0.4) is 0 Å². The van der Waals surface area contributed by atoms with Gasteiger partial charge in [-0.15, -0.1) is 0 Å². The Labute approximate surface area is 104 Å². The lowest BCUT2D eigenvalue weighted by Gasteiger charge is -2.05. The summed E-state index contributed by atoms with van der Waals surface area (Å²) in [5, 5.41) is 1.30. The Morgan fingerprint density at radius 1 is 1.12 bits per heavy atom. The molecule has 4 heteroatoms. The van der Waals surface area contributed by atoms with Crippen molar-refractivity contribution in [3.8, 4) is 0 Å². The van der Waals surface area contributed by atoms with Gasteiger partial charge in [0.1, 0.15) is 5.82 Å². The molecule has 1 heterocycles. The van der Waals surface area contributed by atoms with E-state index in [0.717, 1.165) is 17.1 Å². The van der Waals surface area contributed by atoms with Crippen LogP contribution in [0.2, 0.25) is 10.0 Å². The zero-order chi connectivity index (χ0) is 11.5. The van der Waals surface area contributed by atoms with Gasteiger partial charge in [-0.1, -0.05) is 29.3 Å². The zero-order valence-electron chi connectivity index (χ0n) is 8.74. The van der Waals surface area contributed by atoms with Gasteiger partial charge in [0, 0.05) is 28.4 Å². The second kappa shape index (κ2) is 4.81. The highest BCUT2D eigenvalue weighted by Gasteiger charge is 2.07. The molecule has 0 saturated carbocycles. The maximum absolute atomic E-state index is 6.08. The molecule has 0 N–H and O–H groups in total. The molecule has 0 radical (unpaired) electrons. The minimum Gasteiger partial charge on any atom is -0.241 e. The van der Waals surface area contributed by atoms with Crippen LogP contribution in [0.25, 0.3) is 0 Å². The number of hydrogen-bond acceptors (Lipinski definition) is 2. The Morgan fingerprint density at radius 3 is 2.44 bits per heavy atom. The molecule has 1 aromatic carbocycles. The molecule has 82 valence electrons. The number of hydrogen-bond donors (Lipinski definition) is 0. The van der Waals surface area contributed by atoms with Gasteiger partial charge in [0.2, 0.25) is 0 Å². The molecule has 0 amide bonds. The second-order valence-corrected chi connectivity index (χ2v) is 4.31. The minimum absolute atomic E-state index is 0.556. The van der Waals surface area contributed by atoms with Crippen molar-refractivity contribution in [1.29, 1.82) is 0 Å². The lowest BCUT2D eigenvalue weighted by molar-refractivity contribution is 0.942. The molecule has 0 spiro atoms. The standard InChI is InChI=1S/C12H10Cl2N2/c1-8-5-6-15-12(16-8)7-9-10(13)3-2-4-11(9)14/h2-6H,7H2,1H3. The van der Waals surface area contributed by atoms with Crippen molar-refractivity contribution in [1.82, 2.24) is 9.97 Å². The predicted molar refractivity (Wildman–Crippen MR) is 66.0 cm³/mol. The SMILES string of the molecule is Cc1ccnc(Cc2c(Cl)cccc2Cl)n1. The van der Waals surface area contributed by atoms with Crippen molar-refractivity contribution in [2.24, 2.45) is 0 Å². The molecule has 2 nitrogen and oxygen atoms in total. The topological polar surface area (TPSA) is 25.8 Å². The molecule has 0 aliphatic carbocycles. The molecule has 1 aromatic heterocycles. The molecule has 0 aliphatic heterocycles. The van der Waals surface area contributed by atoms with Crippen LogP contribution < -0.4 is 0 Å². The van der Waals surface area contributed by atoms with Crippen LogP contribution in [0.4, 0.5) is 0 Å². The highest BCUT2D eigenvalue weighted by Crippen LogP contribution is 2.25. The summed E-state index contributed by atoms with van der Waals surface area (Å²) in [6, 6.07) is 7.32. The maximum atomic E-state index is 6.08. The number of aromatic nitrogens is 2. The van der Waals surface area contributed by atoms with E-state index in [0.29, 0.717) is 16.5 Å². The van der Waals surface area contributed by atoms with Crippen LogP contribution in [-0.4, -0.2) is 9.97 Å². The van der Waals surface area contributed by atoms with Crippen molar-refractivity contribution >= 4 is 23.2 Å². The normalized spacial score (nSPS) is 10.4. The molecule has 0 fully saturated rings. The van der Waals surface area contributed by atoms with E-state index in [1.807, 2.05) is 31.2 Å². The van der Waals surface area contributed by atoms with Crippen molar-refractivity contribution in [2.45, 2.75) is 13.3 Å². The predicted octanol–water partition coefficient (Wildman–Crippen LogP) is 3.68. The summed E-state index contributed by atoms with van der Waals surface area (Å²) in [4.78, 5) is 8.51. The summed E-state index contributed by atoms with van der Waals surface area (Å²) in [7, 11) is 0. The molecular formula is C12H10Cl2N2. The first kappa shape index (κ1) is 11.4. The van der Waals surface area contributed by atoms with Crippen molar-refractivity contribution in [2.75, 3.05) is 0 Å². The maximum Gasteiger partial charge on any atom is 0.132 e. The first-order chi connectivity index (χ1) is 7.66. The number of rotatable bonds is 2. The van der Waals surface area contributed by atoms with Crippen LogP contribution in [-0.2, 0) is 6.42 Å². The number of benzene rings is 1. The van der Waals surface area contributed by atoms with Crippen LogP contribution in [0.5, 0.6) is 0 Å². The molecular weight excluding hydrogens is 243 g/mol. The summed E-state index contributed by atoms with van der Waals surface area (Å²) >= 11 is 12.2. The van der Waals surface area contributed by atoms with E-state index in [2.05, 4.69) is 9.97 Å². The molecule has 0 aliphatic rings. The molecule has 2 rings (SSSR count). The quantitative estimate of drug-likeness (QED) is 0.815. The van der Waals surface area contributed by atoms with Gasteiger partial charge in [-0.05, 0) is 30.7 Å². The molecule has 0 unspecified atom stereocenters. The first-order valence-electron chi connectivity index (χ1n) is 4.88. The Balaban J connectivity index is 2.34. The molecule has 2 aromatic rings. The average Bonchev–Trinajstić information content (AvgIpc) is 2.24. The first-order valence-corrected chi connectivity index (χ1v) is 5.64. The fourth-order valence-corrected chi connectivity index (χ4v) is 1.98. The second-order valence-electron chi connectivity index (χ2n) is 3.49. The van der Waals surface area contributed by atoms with E-state index >= 15 is 0 Å². The van der Waals surface area contributed by atoms with Gasteiger partial charge in [0.25, 0.3) is 0 Å². The van der Waals surface area contributed by atoms with Crippen molar-refractivity contribution in [3.63, 3.8) is 0 Å². The average molecular weight is 253 g/mol. The van der Waals surface area contributed by atoms with Gasteiger partial charge < -0.3 is 0 Å². The molecule has 0 atom stereocenters. The largest absolute Gasteiger partial charge is 0.241 e. The Morgan fingerprint density at radius 2 is 1.81 bits per heavy atom. The third-order valence-electron chi connectivity index (χ3n) is 2.24. The molecule has 16 heavy (non-hydrogen) atoms. The van der Waals surface area contributed by atoms with E-state index in [4.69, 9.17) is 23.2 Å². The fraction of sp³-hybridized carbons (Fsp3) is 0.167. The number of nitrogens with zero attached hydrogens (tertiary/aromatic N) is 2. The van der Waals surface area contributed by atoms with Gasteiger partial charge in [-0.3, -0.25) is 0 Å². The summed E-state index contributed by atoms with van der Waals surface area (Å²) < 4.78 is 0. The van der Waals surface area contributed by atoms with Crippen LogP contribution in [0.1, 0.15) is 17.1 Å². The van der Waals surface area contributed by atoms with E-state index in [1.54, 1.807) is 6.20 Å². The Hall–Kier alpha value is -1.12. The summed E-state index contributed by atoms with van der Waals surface area (Å²) in [5.41, 5.74) is 1.81. The highest BCUT2D eigenvalue weighted by molar-refractivity contribution is 6.36. The third-order valence-corrected chi connectivity index (χ3v) is 2.95. The minimum atomic E-state index is 0.556. The summed E-state index contributed by atoms with van der Waals surface area (Å²) in [6.45, 7) is 1.93. The smallest absolute Gasteiger partial charge is 0.132 e. The number of halogens is 2. The van der Waals surface area contributed by atoms with Gasteiger partial charge in [0.15, 0.2) is 0 Å². The van der Waals surface area contributed by atoms with Gasteiger partial charge >= 0.3 is 0 Å². The number of aryl methyl sites for hydroxylation is 1. The summed E-state index contributed by atoms with van der Waals surface area (Å²) in [6.07, 6.45) is 2.29. The van der Waals surface area contributed by atoms with E-state index < -0.39 is 0 Å². The molecule has 0 bridgehead atoms. The lowest BCUT2D eigenvalue weighted by Crippen LogP contribution is -1.98. The molecule has 0 saturated heterocycles. The van der Waals surface area contributed by atoms with Crippen molar-refractivity contribution < 1.29 is 0 Å². The monoisotopic (exact) mass is 252 g/mol. The highest BCUT2D eigenvalue weighted by atomic mass is 35.5. The van der Waals surface area contributed by atoms with Crippen LogP contribution in [0, 0.1) is 6.92 Å². The van der Waals surface area contributed by atoms with Gasteiger partial charge in [-0.2, -0.15) is 0 Å². The Bertz CT molecular complexity index is 492.